The van der Waals surface area contributed by atoms with Crippen LogP contribution in [0, 0.1) is 13.8 Å². The average Bonchev–Trinajstić information content (AvgIpc) is 2.47. The molecule has 1 N–H and O–H groups in total. The number of carbonyl (C=O) groups excluding carboxylic acids is 1. The summed E-state index contributed by atoms with van der Waals surface area (Å²) < 4.78 is 10.5. The zero-order valence-corrected chi connectivity index (χ0v) is 12.3. The van der Waals surface area contributed by atoms with Crippen LogP contribution in [0.5, 0.6) is 11.5 Å². The van der Waals surface area contributed by atoms with E-state index in [0.717, 1.165) is 11.1 Å². The van der Waals surface area contributed by atoms with Crippen LogP contribution in [0.1, 0.15) is 21.5 Å². The molecule has 0 bridgehead atoms. The van der Waals surface area contributed by atoms with Gasteiger partial charge in [0.25, 0.3) is 0 Å². The molecule has 0 aromatic heterocycles. The minimum absolute atomic E-state index is 0.131. The molecule has 0 saturated carbocycles. The third-order valence-corrected chi connectivity index (χ3v) is 3.01. The lowest BCUT2D eigenvalue weighted by Gasteiger charge is -2.09. The fourth-order valence-electron chi connectivity index (χ4n) is 1.92. The maximum Gasteiger partial charge on any atom is 0.349 e. The lowest BCUT2D eigenvalue weighted by Crippen LogP contribution is -2.18. The van der Waals surface area contributed by atoms with Crippen LogP contribution in [0.3, 0.4) is 0 Å². The molecule has 0 fully saturated rings. The predicted molar refractivity (Wildman–Crippen MR) is 80.4 cm³/mol. The van der Waals surface area contributed by atoms with Gasteiger partial charge in [-0.05, 0) is 49.7 Å². The SMILES string of the molecule is Cc1ccc(OCC(=O)Oc2ccc(C(=O)O)cc2)c(C)c1. The number of carboxylic acids is 1. The lowest BCUT2D eigenvalue weighted by atomic mass is 10.1. The van der Waals surface area contributed by atoms with Crippen molar-refractivity contribution in [3.05, 3.63) is 59.2 Å². The minimum Gasteiger partial charge on any atom is -0.482 e. The standard InChI is InChI=1S/C17H16O5/c1-11-3-8-15(12(2)9-11)21-10-16(18)22-14-6-4-13(5-7-14)17(19)20/h3-9H,10H2,1-2H3,(H,19,20). The molecule has 0 unspecified atom stereocenters. The van der Waals surface area contributed by atoms with Gasteiger partial charge in [0.2, 0.25) is 0 Å². The van der Waals surface area contributed by atoms with Crippen molar-refractivity contribution in [2.75, 3.05) is 6.61 Å². The highest BCUT2D eigenvalue weighted by atomic mass is 16.6. The van der Waals surface area contributed by atoms with Crippen molar-refractivity contribution in [1.82, 2.24) is 0 Å². The van der Waals surface area contributed by atoms with Gasteiger partial charge in [-0.15, -0.1) is 0 Å². The van der Waals surface area contributed by atoms with Crippen molar-refractivity contribution in [3.63, 3.8) is 0 Å². The molecule has 0 atom stereocenters. The first-order chi connectivity index (χ1) is 10.5. The van der Waals surface area contributed by atoms with Gasteiger partial charge in [-0.2, -0.15) is 0 Å². The van der Waals surface area contributed by atoms with E-state index in [1.165, 1.54) is 24.3 Å². The summed E-state index contributed by atoms with van der Waals surface area (Å²) in [6.07, 6.45) is 0. The molecule has 0 aliphatic heterocycles. The highest BCUT2D eigenvalue weighted by Gasteiger charge is 2.09. The van der Waals surface area contributed by atoms with Crippen LogP contribution in [-0.2, 0) is 4.79 Å². The van der Waals surface area contributed by atoms with E-state index in [9.17, 15) is 9.59 Å². The van der Waals surface area contributed by atoms with Gasteiger partial charge >= 0.3 is 11.9 Å². The van der Waals surface area contributed by atoms with Crippen molar-refractivity contribution in [2.45, 2.75) is 13.8 Å². The quantitative estimate of drug-likeness (QED) is 0.679. The van der Waals surface area contributed by atoms with Gasteiger partial charge in [-0.1, -0.05) is 17.7 Å². The largest absolute Gasteiger partial charge is 0.482 e. The van der Waals surface area contributed by atoms with E-state index in [4.69, 9.17) is 14.6 Å². The molecule has 0 aliphatic rings. The summed E-state index contributed by atoms with van der Waals surface area (Å²) in [5, 5.41) is 8.79. The Labute approximate surface area is 128 Å². The number of hydrogen-bond acceptors (Lipinski definition) is 4. The molecule has 22 heavy (non-hydrogen) atoms. The fourth-order valence-corrected chi connectivity index (χ4v) is 1.92. The second-order valence-electron chi connectivity index (χ2n) is 4.86. The fraction of sp³-hybridized carbons (Fsp3) is 0.176. The van der Waals surface area contributed by atoms with E-state index in [0.29, 0.717) is 5.75 Å². The molecule has 0 radical (unpaired) electrons. The van der Waals surface area contributed by atoms with Gasteiger partial charge < -0.3 is 14.6 Å². The predicted octanol–water partition coefficient (Wildman–Crippen LogP) is 2.99. The van der Waals surface area contributed by atoms with Gasteiger partial charge in [0.05, 0.1) is 5.56 Å². The van der Waals surface area contributed by atoms with E-state index < -0.39 is 11.9 Å². The second-order valence-corrected chi connectivity index (χ2v) is 4.86. The number of carbonyl (C=O) groups is 2. The summed E-state index contributed by atoms with van der Waals surface area (Å²) in [6, 6.07) is 11.3. The number of rotatable bonds is 5. The zero-order valence-electron chi connectivity index (χ0n) is 12.3. The minimum atomic E-state index is -1.03. The Bertz CT molecular complexity index is 689. The molecule has 2 aromatic rings. The molecule has 2 rings (SSSR count). The lowest BCUT2D eigenvalue weighted by molar-refractivity contribution is -0.136. The summed E-state index contributed by atoms with van der Waals surface area (Å²) in [6.45, 7) is 3.66. The van der Waals surface area contributed by atoms with E-state index in [2.05, 4.69) is 0 Å². The van der Waals surface area contributed by atoms with E-state index in [1.54, 1.807) is 6.07 Å². The monoisotopic (exact) mass is 300 g/mol. The Morgan fingerprint density at radius 2 is 1.73 bits per heavy atom. The van der Waals surface area contributed by atoms with Crippen molar-refractivity contribution in [1.29, 1.82) is 0 Å². The number of benzene rings is 2. The Balaban J connectivity index is 1.91. The topological polar surface area (TPSA) is 72.8 Å². The van der Waals surface area contributed by atoms with Crippen LogP contribution in [0.4, 0.5) is 0 Å². The number of ether oxygens (including phenoxy) is 2. The number of hydrogen-bond donors (Lipinski definition) is 1. The molecule has 5 nitrogen and oxygen atoms in total. The molecule has 114 valence electrons. The summed E-state index contributed by atoms with van der Waals surface area (Å²) in [5.41, 5.74) is 2.19. The average molecular weight is 300 g/mol. The van der Waals surface area contributed by atoms with E-state index >= 15 is 0 Å². The van der Waals surface area contributed by atoms with Crippen LogP contribution in [0.25, 0.3) is 0 Å². The van der Waals surface area contributed by atoms with Crippen LogP contribution < -0.4 is 9.47 Å². The molecule has 0 amide bonds. The van der Waals surface area contributed by atoms with Crippen molar-refractivity contribution in [3.8, 4) is 11.5 Å². The first-order valence-electron chi connectivity index (χ1n) is 6.70. The molecule has 0 heterocycles. The van der Waals surface area contributed by atoms with Crippen LogP contribution in [0.15, 0.2) is 42.5 Å². The normalized spacial score (nSPS) is 10.1. The highest BCUT2D eigenvalue weighted by molar-refractivity contribution is 5.87. The molecule has 2 aromatic carbocycles. The van der Waals surface area contributed by atoms with Crippen molar-refractivity contribution >= 4 is 11.9 Å². The molecule has 0 aliphatic carbocycles. The second kappa shape index (κ2) is 6.76. The van der Waals surface area contributed by atoms with Gasteiger partial charge in [-0.3, -0.25) is 0 Å². The van der Waals surface area contributed by atoms with Gasteiger partial charge in [0.1, 0.15) is 11.5 Å². The smallest absolute Gasteiger partial charge is 0.349 e. The van der Waals surface area contributed by atoms with Crippen molar-refractivity contribution < 1.29 is 24.2 Å². The molecule has 0 saturated heterocycles. The van der Waals surface area contributed by atoms with Crippen LogP contribution in [0.2, 0.25) is 0 Å². The third-order valence-electron chi connectivity index (χ3n) is 3.01. The number of aromatic carboxylic acids is 1. The number of carboxylic acid groups (broad SMARTS) is 1. The van der Waals surface area contributed by atoms with E-state index in [1.807, 2.05) is 26.0 Å². The van der Waals surface area contributed by atoms with Crippen molar-refractivity contribution in [2.24, 2.45) is 0 Å². The number of aryl methyl sites for hydroxylation is 2. The number of esters is 1. The third kappa shape index (κ3) is 4.09. The zero-order chi connectivity index (χ0) is 16.1. The summed E-state index contributed by atoms with van der Waals surface area (Å²) in [4.78, 5) is 22.4. The summed E-state index contributed by atoms with van der Waals surface area (Å²) >= 11 is 0. The summed E-state index contributed by atoms with van der Waals surface area (Å²) in [5.74, 6) is -0.679. The highest BCUT2D eigenvalue weighted by Crippen LogP contribution is 2.19. The van der Waals surface area contributed by atoms with Crippen LogP contribution >= 0.6 is 0 Å². The van der Waals surface area contributed by atoms with Crippen LogP contribution in [-0.4, -0.2) is 23.7 Å². The van der Waals surface area contributed by atoms with Gasteiger partial charge in [0.15, 0.2) is 6.61 Å². The molecule has 5 heteroatoms. The molecular formula is C17H16O5. The Morgan fingerprint density at radius 1 is 1.05 bits per heavy atom. The molecular weight excluding hydrogens is 284 g/mol. The maximum absolute atomic E-state index is 11.7. The van der Waals surface area contributed by atoms with Gasteiger partial charge in [-0.25, -0.2) is 9.59 Å². The maximum atomic E-state index is 11.7. The summed E-state index contributed by atoms with van der Waals surface area (Å²) in [7, 11) is 0. The Hall–Kier alpha value is -2.82. The molecule has 0 spiro atoms. The Kier molecular flexibility index (Phi) is 4.78. The first kappa shape index (κ1) is 15.6. The Morgan fingerprint density at radius 3 is 2.32 bits per heavy atom. The first-order valence-corrected chi connectivity index (χ1v) is 6.70. The van der Waals surface area contributed by atoms with Gasteiger partial charge in [0, 0.05) is 0 Å². The van der Waals surface area contributed by atoms with E-state index in [-0.39, 0.29) is 17.9 Å².